The maximum Gasteiger partial charge on any atom is 0.319 e. The van der Waals surface area contributed by atoms with E-state index in [9.17, 15) is 18.4 Å². The van der Waals surface area contributed by atoms with Crippen molar-refractivity contribution in [2.24, 2.45) is 11.8 Å². The van der Waals surface area contributed by atoms with E-state index in [-0.39, 0.29) is 23.7 Å². The number of benzene rings is 2. The molecule has 8 heteroatoms. The van der Waals surface area contributed by atoms with Crippen LogP contribution < -0.4 is 21.3 Å². The van der Waals surface area contributed by atoms with E-state index in [0.717, 1.165) is 25.7 Å². The Balaban J connectivity index is 1.36. The summed E-state index contributed by atoms with van der Waals surface area (Å²) in [5.74, 6) is -0.0299. The van der Waals surface area contributed by atoms with Gasteiger partial charge in [-0.1, -0.05) is 6.42 Å². The summed E-state index contributed by atoms with van der Waals surface area (Å²) in [5, 5.41) is 11.1. The molecule has 1 aliphatic rings. The number of urea groups is 2. The fourth-order valence-electron chi connectivity index (χ4n) is 3.66. The maximum atomic E-state index is 12.9. The average molecular weight is 416 g/mol. The molecule has 160 valence electrons. The topological polar surface area (TPSA) is 82.3 Å². The third-order valence-electron chi connectivity index (χ3n) is 5.20. The van der Waals surface area contributed by atoms with Crippen LogP contribution in [0.25, 0.3) is 0 Å². The Hall–Kier alpha value is -3.16. The lowest BCUT2D eigenvalue weighted by Crippen LogP contribution is -2.38. The van der Waals surface area contributed by atoms with E-state index in [1.807, 2.05) is 0 Å². The number of nitrogens with one attached hydrogen (secondary N) is 4. The highest BCUT2D eigenvalue weighted by Crippen LogP contribution is 2.28. The molecule has 2 atom stereocenters. The summed E-state index contributed by atoms with van der Waals surface area (Å²) >= 11 is 0. The molecule has 0 radical (unpaired) electrons. The molecule has 2 aromatic carbocycles. The van der Waals surface area contributed by atoms with Crippen LogP contribution >= 0.6 is 0 Å². The second kappa shape index (κ2) is 10.6. The van der Waals surface area contributed by atoms with Gasteiger partial charge in [0.25, 0.3) is 0 Å². The first-order chi connectivity index (χ1) is 14.5. The smallest absolute Gasteiger partial charge is 0.319 e. The zero-order valence-electron chi connectivity index (χ0n) is 16.6. The molecule has 0 spiro atoms. The van der Waals surface area contributed by atoms with Gasteiger partial charge in [0.15, 0.2) is 0 Å². The Bertz CT molecular complexity index is 774. The Kier molecular flexibility index (Phi) is 7.59. The molecule has 0 saturated heterocycles. The van der Waals surface area contributed by atoms with Gasteiger partial charge < -0.3 is 21.3 Å². The third kappa shape index (κ3) is 7.02. The highest BCUT2D eigenvalue weighted by Gasteiger charge is 2.23. The van der Waals surface area contributed by atoms with Crippen LogP contribution in [-0.4, -0.2) is 25.2 Å². The number of halogens is 2. The molecule has 0 heterocycles. The van der Waals surface area contributed by atoms with E-state index in [4.69, 9.17) is 0 Å². The molecule has 30 heavy (non-hydrogen) atoms. The van der Waals surface area contributed by atoms with E-state index in [0.29, 0.717) is 36.3 Å². The van der Waals surface area contributed by atoms with Gasteiger partial charge in [-0.25, -0.2) is 18.4 Å². The van der Waals surface area contributed by atoms with Gasteiger partial charge in [0, 0.05) is 24.5 Å². The summed E-state index contributed by atoms with van der Waals surface area (Å²) in [5.41, 5.74) is 1.07. The van der Waals surface area contributed by atoms with Gasteiger partial charge >= 0.3 is 12.1 Å². The molecule has 0 aromatic heterocycles. The predicted octanol–water partition coefficient (Wildman–Crippen LogP) is 4.71. The second-order valence-electron chi connectivity index (χ2n) is 7.58. The fourth-order valence-corrected chi connectivity index (χ4v) is 3.66. The number of anilines is 2. The number of rotatable bonds is 6. The van der Waals surface area contributed by atoms with E-state index in [1.165, 1.54) is 48.5 Å². The van der Waals surface area contributed by atoms with Crippen LogP contribution in [0.1, 0.15) is 25.7 Å². The average Bonchev–Trinajstić information content (AvgIpc) is 2.74. The first-order valence-corrected chi connectivity index (χ1v) is 10.1. The van der Waals surface area contributed by atoms with Crippen molar-refractivity contribution in [2.45, 2.75) is 25.7 Å². The molecule has 4 N–H and O–H groups in total. The molecule has 3 rings (SSSR count). The Morgan fingerprint density at radius 2 is 1.13 bits per heavy atom. The van der Waals surface area contributed by atoms with Gasteiger partial charge in [-0.3, -0.25) is 0 Å². The minimum Gasteiger partial charge on any atom is -0.338 e. The lowest BCUT2D eigenvalue weighted by atomic mass is 9.81. The van der Waals surface area contributed by atoms with Crippen LogP contribution in [0.2, 0.25) is 0 Å². The summed E-state index contributed by atoms with van der Waals surface area (Å²) in [6.07, 6.45) is 4.00. The zero-order valence-corrected chi connectivity index (χ0v) is 16.6. The van der Waals surface area contributed by atoms with E-state index < -0.39 is 0 Å². The standard InChI is InChI=1S/C22H26F2N4O2/c23-17-4-8-19(9-5-17)27-21(29)25-13-15-2-1-3-16(12-15)14-26-22(30)28-20-10-6-18(24)7-11-20/h4-11,15-16H,1-3,12-14H2,(H2,25,27,29)(H2,26,28,30)/t15-,16+. The van der Waals surface area contributed by atoms with E-state index >= 15 is 0 Å². The number of carbonyl (C=O) groups excluding carboxylic acids is 2. The van der Waals surface area contributed by atoms with Crippen LogP contribution in [-0.2, 0) is 0 Å². The normalized spacial score (nSPS) is 18.3. The third-order valence-corrected chi connectivity index (χ3v) is 5.20. The largest absolute Gasteiger partial charge is 0.338 e. The van der Waals surface area contributed by atoms with Crippen LogP contribution in [0.15, 0.2) is 48.5 Å². The Morgan fingerprint density at radius 3 is 1.53 bits per heavy atom. The summed E-state index contributed by atoms with van der Waals surface area (Å²) in [6.45, 7) is 1.09. The number of amides is 4. The fraction of sp³-hybridized carbons (Fsp3) is 0.364. The van der Waals surface area contributed by atoms with Crippen molar-refractivity contribution in [1.82, 2.24) is 10.6 Å². The van der Waals surface area contributed by atoms with Gasteiger partial charge in [0.05, 0.1) is 0 Å². The Morgan fingerprint density at radius 1 is 0.733 bits per heavy atom. The zero-order chi connectivity index (χ0) is 21.3. The van der Waals surface area contributed by atoms with Crippen LogP contribution in [0, 0.1) is 23.5 Å². The van der Waals surface area contributed by atoms with Crippen molar-refractivity contribution in [2.75, 3.05) is 23.7 Å². The van der Waals surface area contributed by atoms with Crippen molar-refractivity contribution in [3.8, 4) is 0 Å². The molecule has 6 nitrogen and oxygen atoms in total. The summed E-state index contributed by atoms with van der Waals surface area (Å²) in [6, 6.07) is 10.6. The van der Waals surface area contributed by atoms with Crippen molar-refractivity contribution in [3.05, 3.63) is 60.2 Å². The van der Waals surface area contributed by atoms with Crippen molar-refractivity contribution < 1.29 is 18.4 Å². The van der Waals surface area contributed by atoms with E-state index in [2.05, 4.69) is 21.3 Å². The molecular formula is C22H26F2N4O2. The molecular weight excluding hydrogens is 390 g/mol. The van der Waals surface area contributed by atoms with Crippen LogP contribution in [0.3, 0.4) is 0 Å². The Labute approximate surface area is 174 Å². The summed E-state index contributed by atoms with van der Waals surface area (Å²) in [4.78, 5) is 24.1. The van der Waals surface area contributed by atoms with Gasteiger partial charge in [-0.15, -0.1) is 0 Å². The first-order valence-electron chi connectivity index (χ1n) is 10.1. The van der Waals surface area contributed by atoms with Crippen molar-refractivity contribution in [3.63, 3.8) is 0 Å². The monoisotopic (exact) mass is 416 g/mol. The predicted molar refractivity (Wildman–Crippen MR) is 112 cm³/mol. The molecule has 4 amide bonds. The minimum absolute atomic E-state index is 0.319. The molecule has 1 fully saturated rings. The summed E-state index contributed by atoms with van der Waals surface area (Å²) < 4.78 is 25.8. The van der Waals surface area contributed by atoms with Gasteiger partial charge in [-0.2, -0.15) is 0 Å². The minimum atomic E-state index is -0.353. The maximum absolute atomic E-state index is 12.9. The lowest BCUT2D eigenvalue weighted by molar-refractivity contribution is 0.230. The second-order valence-corrected chi connectivity index (χ2v) is 7.58. The number of hydrogen-bond acceptors (Lipinski definition) is 2. The SMILES string of the molecule is O=C(NC[C@H]1CCC[C@@H](CNC(=O)Nc2ccc(F)cc2)C1)Nc1ccc(F)cc1. The lowest BCUT2D eigenvalue weighted by Gasteiger charge is -2.29. The van der Waals surface area contributed by atoms with Gasteiger partial charge in [0.2, 0.25) is 0 Å². The van der Waals surface area contributed by atoms with Crippen LogP contribution in [0.4, 0.5) is 29.7 Å². The van der Waals surface area contributed by atoms with E-state index in [1.54, 1.807) is 0 Å². The van der Waals surface area contributed by atoms with Crippen molar-refractivity contribution >= 4 is 23.4 Å². The van der Waals surface area contributed by atoms with Crippen molar-refractivity contribution in [1.29, 1.82) is 0 Å². The number of carbonyl (C=O) groups is 2. The first kappa shape index (κ1) is 21.5. The summed E-state index contributed by atoms with van der Waals surface area (Å²) in [7, 11) is 0. The van der Waals surface area contributed by atoms with Gasteiger partial charge in [-0.05, 0) is 79.6 Å². The molecule has 1 saturated carbocycles. The molecule has 2 aromatic rings. The van der Waals surface area contributed by atoms with Crippen LogP contribution in [0.5, 0.6) is 0 Å². The molecule has 0 unspecified atom stereocenters. The molecule has 0 aliphatic heterocycles. The quantitative estimate of drug-likeness (QED) is 0.550. The highest BCUT2D eigenvalue weighted by atomic mass is 19.1. The molecule has 0 bridgehead atoms. The number of hydrogen-bond donors (Lipinski definition) is 4. The van der Waals surface area contributed by atoms with Gasteiger partial charge in [0.1, 0.15) is 11.6 Å². The molecule has 1 aliphatic carbocycles. The highest BCUT2D eigenvalue weighted by molar-refractivity contribution is 5.89.